The first-order chi connectivity index (χ1) is 19.0. The third-order valence-corrected chi connectivity index (χ3v) is 11.0. The van der Waals surface area contributed by atoms with Gasteiger partial charge in [-0.25, -0.2) is 4.79 Å². The zero-order chi connectivity index (χ0) is 28.6. The molecule has 0 unspecified atom stereocenters. The highest BCUT2D eigenvalue weighted by molar-refractivity contribution is 8.00. The predicted molar refractivity (Wildman–Crippen MR) is 151 cm³/mol. The van der Waals surface area contributed by atoms with E-state index in [1.807, 2.05) is 0 Å². The van der Waals surface area contributed by atoms with Gasteiger partial charge < -0.3 is 25.0 Å². The Morgan fingerprint density at radius 1 is 1.05 bits per heavy atom. The Bertz CT molecular complexity index is 1070. The Kier molecular flexibility index (Phi) is 8.74. The van der Waals surface area contributed by atoms with Crippen molar-refractivity contribution in [3.8, 4) is 5.88 Å². The summed E-state index contributed by atoms with van der Waals surface area (Å²) in [5.41, 5.74) is -1.03. The van der Waals surface area contributed by atoms with E-state index in [2.05, 4.69) is 15.8 Å². The smallest absolute Gasteiger partial charge is 0.326 e. The number of rotatable bonds is 11. The van der Waals surface area contributed by atoms with E-state index in [0.717, 1.165) is 37.5 Å². The van der Waals surface area contributed by atoms with Crippen molar-refractivity contribution < 1.29 is 28.8 Å². The average Bonchev–Trinajstić information content (AvgIpc) is 3.30. The molecule has 1 aromatic rings. The number of nitrogens with zero attached hydrogens (tertiary/aromatic N) is 1. The first-order valence-corrected chi connectivity index (χ1v) is 16.0. The normalized spacial score (nSPS) is 28.9. The lowest BCUT2D eigenvalue weighted by atomic mass is 9.54. The highest BCUT2D eigenvalue weighted by atomic mass is 32.2. The predicted octanol–water partition coefficient (Wildman–Crippen LogP) is 5.28. The zero-order valence-electron chi connectivity index (χ0n) is 24.2. The van der Waals surface area contributed by atoms with E-state index in [1.165, 1.54) is 38.5 Å². The maximum absolute atomic E-state index is 13.6. The first-order valence-electron chi connectivity index (χ1n) is 15.2. The molecule has 5 saturated carbocycles. The molecular weight excluding hydrogens is 530 g/mol. The minimum absolute atomic E-state index is 0.0371. The van der Waals surface area contributed by atoms with Gasteiger partial charge in [0.05, 0.1) is 5.41 Å². The third-order valence-electron chi connectivity index (χ3n) is 9.59. The third kappa shape index (κ3) is 6.31. The van der Waals surface area contributed by atoms with Crippen molar-refractivity contribution in [3.05, 3.63) is 5.76 Å². The Labute approximate surface area is 241 Å². The highest BCUT2D eigenvalue weighted by Crippen LogP contribution is 2.54. The molecule has 0 aromatic carbocycles. The molecule has 9 nitrogen and oxygen atoms in total. The first kappa shape index (κ1) is 29.3. The number of hydrogen-bond acceptors (Lipinski definition) is 7. The number of hydrogen-bond donors (Lipinski definition) is 3. The Morgan fingerprint density at radius 3 is 2.25 bits per heavy atom. The molecule has 1 atom stereocenters. The second kappa shape index (κ2) is 11.9. The van der Waals surface area contributed by atoms with Crippen LogP contribution in [0.3, 0.4) is 0 Å². The van der Waals surface area contributed by atoms with Gasteiger partial charge in [0.15, 0.2) is 0 Å². The van der Waals surface area contributed by atoms with Crippen molar-refractivity contribution in [1.82, 2.24) is 15.8 Å². The lowest BCUT2D eigenvalue weighted by Gasteiger charge is -2.54. The summed E-state index contributed by atoms with van der Waals surface area (Å²) in [6, 6.07) is -0.801. The molecule has 4 bridgehead atoms. The second-order valence-corrected chi connectivity index (χ2v) is 15.0. The van der Waals surface area contributed by atoms with Crippen LogP contribution in [0.1, 0.15) is 102 Å². The molecule has 0 saturated heterocycles. The fourth-order valence-corrected chi connectivity index (χ4v) is 8.84. The van der Waals surface area contributed by atoms with Crippen molar-refractivity contribution >= 4 is 29.5 Å². The Hall–Kier alpha value is -2.23. The van der Waals surface area contributed by atoms with E-state index in [1.54, 1.807) is 39.5 Å². The van der Waals surface area contributed by atoms with E-state index in [9.17, 15) is 19.5 Å². The molecule has 40 heavy (non-hydrogen) atoms. The fraction of sp³-hybridized carbons (Fsp3) is 0.800. The van der Waals surface area contributed by atoms with Crippen LogP contribution in [0.25, 0.3) is 0 Å². The van der Waals surface area contributed by atoms with Gasteiger partial charge >= 0.3 is 5.97 Å². The molecular formula is C30H45N3O6S. The van der Waals surface area contributed by atoms with Gasteiger partial charge in [-0.05, 0) is 93.5 Å². The van der Waals surface area contributed by atoms with Gasteiger partial charge in [0.1, 0.15) is 17.5 Å². The van der Waals surface area contributed by atoms with Gasteiger partial charge in [-0.15, -0.1) is 11.8 Å². The minimum Gasteiger partial charge on any atom is -0.480 e. The van der Waals surface area contributed by atoms with Gasteiger partial charge in [-0.3, -0.25) is 9.59 Å². The molecule has 3 N–H and O–H groups in total. The summed E-state index contributed by atoms with van der Waals surface area (Å²) in [6.07, 6.45) is 11.9. The van der Waals surface area contributed by atoms with Crippen LogP contribution in [0.15, 0.2) is 9.42 Å². The van der Waals surface area contributed by atoms with E-state index < -0.39 is 23.3 Å². The van der Waals surface area contributed by atoms with Gasteiger partial charge in [0, 0.05) is 11.3 Å². The maximum Gasteiger partial charge on any atom is 0.326 e. The van der Waals surface area contributed by atoms with E-state index >= 15 is 0 Å². The van der Waals surface area contributed by atoms with Crippen LogP contribution in [0.4, 0.5) is 0 Å². The maximum atomic E-state index is 13.6. The SMILES string of the molecule is CC(C)[C@H](NC(=O)C(C)(C)COc1noc(C(=O)NC2C3CC4CC(C3)CC2C4)c1SC1CCCCC1)C(=O)O. The summed E-state index contributed by atoms with van der Waals surface area (Å²) < 4.78 is 11.7. The number of thioether (sulfide) groups is 1. The van der Waals surface area contributed by atoms with Crippen LogP contribution in [0.5, 0.6) is 5.88 Å². The van der Waals surface area contributed by atoms with Crippen molar-refractivity contribution in [2.75, 3.05) is 6.61 Å². The molecule has 6 rings (SSSR count). The summed E-state index contributed by atoms with van der Waals surface area (Å²) in [4.78, 5) is 38.8. The molecule has 5 aliphatic rings. The topological polar surface area (TPSA) is 131 Å². The van der Waals surface area contributed by atoms with Gasteiger partial charge in [0.25, 0.3) is 11.8 Å². The molecule has 5 aliphatic carbocycles. The van der Waals surface area contributed by atoms with Crippen LogP contribution >= 0.6 is 11.8 Å². The number of nitrogens with one attached hydrogen (secondary N) is 2. The number of carbonyl (C=O) groups is 3. The molecule has 0 radical (unpaired) electrons. The molecule has 222 valence electrons. The monoisotopic (exact) mass is 575 g/mol. The van der Waals surface area contributed by atoms with Crippen molar-refractivity contribution in [1.29, 1.82) is 0 Å². The van der Waals surface area contributed by atoms with Gasteiger partial charge in [-0.2, -0.15) is 0 Å². The van der Waals surface area contributed by atoms with Crippen LogP contribution in [0.2, 0.25) is 0 Å². The summed E-state index contributed by atoms with van der Waals surface area (Å²) in [5.74, 6) is 1.20. The van der Waals surface area contributed by atoms with Crippen LogP contribution in [-0.2, 0) is 9.59 Å². The van der Waals surface area contributed by atoms with Crippen molar-refractivity contribution in [2.45, 2.75) is 114 Å². The molecule has 0 spiro atoms. The fourth-order valence-electron chi connectivity index (χ4n) is 7.50. The molecule has 2 amide bonds. The van der Waals surface area contributed by atoms with Crippen LogP contribution in [-0.4, -0.2) is 52.0 Å². The number of aromatic nitrogens is 1. The lowest BCUT2D eigenvalue weighted by Crippen LogP contribution is -2.55. The molecule has 5 fully saturated rings. The van der Waals surface area contributed by atoms with Crippen LogP contribution in [0, 0.1) is 35.0 Å². The number of carbonyl (C=O) groups excluding carboxylic acids is 2. The molecule has 10 heteroatoms. The van der Waals surface area contributed by atoms with Gasteiger partial charge in [0.2, 0.25) is 11.7 Å². The highest BCUT2D eigenvalue weighted by Gasteiger charge is 2.49. The Balaban J connectivity index is 1.30. The van der Waals surface area contributed by atoms with E-state index in [4.69, 9.17) is 9.26 Å². The average molecular weight is 576 g/mol. The Morgan fingerprint density at radius 2 is 1.68 bits per heavy atom. The van der Waals surface area contributed by atoms with Gasteiger partial charge in [-0.1, -0.05) is 33.1 Å². The lowest BCUT2D eigenvalue weighted by molar-refractivity contribution is -0.145. The summed E-state index contributed by atoms with van der Waals surface area (Å²) in [6.45, 7) is 6.88. The standard InChI is InChI=1S/C30H45N3O6S/c1-16(2)22(28(35)36)32-29(37)30(3,4)15-38-27-25(40-21-8-6-5-7-9-21)24(39-33-27)26(34)31-23-19-11-17-10-18(13-19)14-20(23)12-17/h16-23H,5-15H2,1-4H3,(H,31,34)(H,32,37)(H,35,36)/t17?,18?,19?,20?,22-,23?/m0/s1. The molecule has 1 aromatic heterocycles. The van der Waals surface area contributed by atoms with Crippen LogP contribution < -0.4 is 15.4 Å². The summed E-state index contributed by atoms with van der Waals surface area (Å²) in [5, 5.41) is 20.0. The quantitative estimate of drug-likeness (QED) is 0.325. The second-order valence-electron chi connectivity index (χ2n) is 13.7. The molecule has 1 heterocycles. The van der Waals surface area contributed by atoms with Crippen molar-refractivity contribution in [3.63, 3.8) is 0 Å². The number of carboxylic acids is 1. The van der Waals surface area contributed by atoms with E-state index in [0.29, 0.717) is 22.0 Å². The number of amides is 2. The number of ether oxygens (including phenoxy) is 1. The van der Waals surface area contributed by atoms with E-state index in [-0.39, 0.29) is 36.1 Å². The summed E-state index contributed by atoms with van der Waals surface area (Å²) in [7, 11) is 0. The number of carboxylic acid groups (broad SMARTS) is 1. The number of aliphatic carboxylic acids is 1. The summed E-state index contributed by atoms with van der Waals surface area (Å²) >= 11 is 1.60. The molecule has 0 aliphatic heterocycles. The minimum atomic E-state index is -1.07. The van der Waals surface area contributed by atoms with Crippen molar-refractivity contribution in [2.24, 2.45) is 35.0 Å². The largest absolute Gasteiger partial charge is 0.480 e. The zero-order valence-corrected chi connectivity index (χ0v) is 25.1.